The van der Waals surface area contributed by atoms with Crippen LogP contribution < -0.4 is 10.9 Å². The van der Waals surface area contributed by atoms with Crippen LogP contribution in [0.3, 0.4) is 0 Å². The van der Waals surface area contributed by atoms with E-state index in [4.69, 9.17) is 5.26 Å². The van der Waals surface area contributed by atoms with Gasteiger partial charge in [0, 0.05) is 36.8 Å². The molecule has 1 N–H and O–H groups in total. The maximum Gasteiger partial charge on any atom is 0.274 e. The molecule has 2 aromatic rings. The van der Waals surface area contributed by atoms with Gasteiger partial charge in [0.25, 0.3) is 11.5 Å². The summed E-state index contributed by atoms with van der Waals surface area (Å²) < 4.78 is 27.0. The van der Waals surface area contributed by atoms with Crippen molar-refractivity contribution in [2.75, 3.05) is 24.7 Å². The zero-order valence-electron chi connectivity index (χ0n) is 15.8. The Morgan fingerprint density at radius 3 is 2.52 bits per heavy atom. The van der Waals surface area contributed by atoms with Crippen LogP contribution in [0.1, 0.15) is 34.0 Å². The Balaban J connectivity index is 1.60. The van der Waals surface area contributed by atoms with Crippen LogP contribution in [0.2, 0.25) is 0 Å². The molecule has 1 amide bonds. The molecule has 1 aromatic heterocycles. The second-order valence-corrected chi connectivity index (χ2v) is 9.59. The number of aromatic nitrogens is 1. The third kappa shape index (κ3) is 3.69. The zero-order chi connectivity index (χ0) is 20.8. The second kappa shape index (κ2) is 7.13. The molecular formula is C20H20N4O4S. The maximum absolute atomic E-state index is 13.0. The molecule has 29 heavy (non-hydrogen) atoms. The number of nitrogens with one attached hydrogen (secondary N) is 1. The molecule has 2 aliphatic rings. The number of benzene rings is 1. The van der Waals surface area contributed by atoms with E-state index in [1.165, 1.54) is 22.7 Å². The van der Waals surface area contributed by atoms with Crippen LogP contribution in [-0.4, -0.2) is 42.5 Å². The lowest BCUT2D eigenvalue weighted by Gasteiger charge is -2.41. The number of sulfonamides is 1. The maximum atomic E-state index is 13.0. The van der Waals surface area contributed by atoms with Crippen molar-refractivity contribution in [2.24, 2.45) is 5.92 Å². The monoisotopic (exact) mass is 412 g/mol. The summed E-state index contributed by atoms with van der Waals surface area (Å²) in [5.74, 6) is -0.391. The number of rotatable bonds is 3. The van der Waals surface area contributed by atoms with E-state index in [0.29, 0.717) is 30.8 Å². The second-order valence-electron chi connectivity index (χ2n) is 7.61. The Kier molecular flexibility index (Phi) is 4.76. The Morgan fingerprint density at radius 1 is 1.14 bits per heavy atom. The van der Waals surface area contributed by atoms with Crippen LogP contribution in [-0.2, 0) is 16.6 Å². The molecule has 2 aliphatic heterocycles. The molecule has 0 spiro atoms. The Hall–Kier alpha value is -2.96. The van der Waals surface area contributed by atoms with Gasteiger partial charge in [0.1, 0.15) is 5.69 Å². The van der Waals surface area contributed by atoms with Crippen molar-refractivity contribution in [3.05, 3.63) is 63.6 Å². The average molecular weight is 412 g/mol. The predicted molar refractivity (Wildman–Crippen MR) is 107 cm³/mol. The quantitative estimate of drug-likeness (QED) is 0.818. The third-order valence-electron chi connectivity index (χ3n) is 5.56. The molecule has 2 bridgehead atoms. The van der Waals surface area contributed by atoms with Crippen molar-refractivity contribution in [1.29, 1.82) is 5.26 Å². The first-order valence-corrected chi connectivity index (χ1v) is 11.1. The van der Waals surface area contributed by atoms with Gasteiger partial charge in [-0.05, 0) is 48.7 Å². The van der Waals surface area contributed by atoms with E-state index in [9.17, 15) is 18.0 Å². The number of carbonyl (C=O) groups excluding carboxylic acids is 1. The topological polar surface area (TPSA) is 112 Å². The number of carbonyl (C=O) groups is 1. The van der Waals surface area contributed by atoms with Gasteiger partial charge in [-0.3, -0.25) is 9.59 Å². The molecule has 0 saturated carbocycles. The van der Waals surface area contributed by atoms with Crippen LogP contribution in [0.15, 0.2) is 41.2 Å². The van der Waals surface area contributed by atoms with Gasteiger partial charge in [-0.25, -0.2) is 12.7 Å². The van der Waals surface area contributed by atoms with Crippen LogP contribution in [0, 0.1) is 17.2 Å². The predicted octanol–water partition coefficient (Wildman–Crippen LogP) is 1.35. The van der Waals surface area contributed by atoms with Crippen LogP contribution in [0.25, 0.3) is 0 Å². The number of anilines is 1. The summed E-state index contributed by atoms with van der Waals surface area (Å²) in [6.45, 7) is 1.20. The van der Waals surface area contributed by atoms with E-state index < -0.39 is 15.9 Å². The normalized spacial score (nSPS) is 21.1. The number of pyridine rings is 1. The van der Waals surface area contributed by atoms with E-state index in [2.05, 4.69) is 5.32 Å². The fourth-order valence-corrected chi connectivity index (χ4v) is 5.09. The van der Waals surface area contributed by atoms with Gasteiger partial charge in [-0.2, -0.15) is 5.26 Å². The molecule has 9 heteroatoms. The van der Waals surface area contributed by atoms with Crippen molar-refractivity contribution in [3.63, 3.8) is 0 Å². The highest BCUT2D eigenvalue weighted by molar-refractivity contribution is 7.88. The highest BCUT2D eigenvalue weighted by Gasteiger charge is 2.37. The molecule has 1 aromatic carbocycles. The van der Waals surface area contributed by atoms with Crippen LogP contribution in [0.5, 0.6) is 0 Å². The molecule has 150 valence electrons. The zero-order valence-corrected chi connectivity index (χ0v) is 16.6. The van der Waals surface area contributed by atoms with Gasteiger partial charge in [0.15, 0.2) is 0 Å². The molecule has 0 unspecified atom stereocenters. The Morgan fingerprint density at radius 2 is 1.86 bits per heavy atom. The number of hydrogen-bond acceptors (Lipinski definition) is 5. The van der Waals surface area contributed by atoms with Crippen molar-refractivity contribution >= 4 is 21.6 Å². The number of piperidine rings is 1. The summed E-state index contributed by atoms with van der Waals surface area (Å²) in [7, 11) is -3.27. The Labute approximate surface area is 168 Å². The Bertz CT molecular complexity index is 1180. The number of amides is 1. The molecule has 1 saturated heterocycles. The van der Waals surface area contributed by atoms with Gasteiger partial charge >= 0.3 is 0 Å². The molecular weight excluding hydrogens is 392 g/mol. The number of nitriles is 1. The van der Waals surface area contributed by atoms with E-state index >= 15 is 0 Å². The minimum atomic E-state index is -3.27. The number of nitrogens with zero attached hydrogens (tertiary/aromatic N) is 3. The molecule has 3 heterocycles. The van der Waals surface area contributed by atoms with Gasteiger partial charge in [0.2, 0.25) is 10.0 Å². The van der Waals surface area contributed by atoms with Crippen LogP contribution >= 0.6 is 0 Å². The molecule has 1 fully saturated rings. The first-order chi connectivity index (χ1) is 13.8. The summed E-state index contributed by atoms with van der Waals surface area (Å²) in [5, 5.41) is 11.5. The number of hydrogen-bond donors (Lipinski definition) is 1. The third-order valence-corrected chi connectivity index (χ3v) is 6.80. The summed E-state index contributed by atoms with van der Waals surface area (Å²) >= 11 is 0. The molecule has 0 radical (unpaired) electrons. The fraction of sp³-hybridized carbons (Fsp3) is 0.350. The summed E-state index contributed by atoms with van der Waals surface area (Å²) in [5.41, 5.74) is 1.50. The highest BCUT2D eigenvalue weighted by Crippen LogP contribution is 2.36. The first-order valence-electron chi connectivity index (χ1n) is 9.26. The molecule has 2 atom stereocenters. The van der Waals surface area contributed by atoms with Gasteiger partial charge in [-0.15, -0.1) is 0 Å². The van der Waals surface area contributed by atoms with Crippen LogP contribution in [0.4, 0.5) is 5.69 Å². The van der Waals surface area contributed by atoms with Gasteiger partial charge < -0.3 is 9.88 Å². The summed E-state index contributed by atoms with van der Waals surface area (Å²) in [4.78, 5) is 25.4. The molecule has 0 aliphatic carbocycles. The van der Waals surface area contributed by atoms with E-state index in [-0.39, 0.29) is 23.1 Å². The lowest BCUT2D eigenvalue weighted by atomic mass is 9.84. The van der Waals surface area contributed by atoms with Crippen molar-refractivity contribution in [3.8, 4) is 6.07 Å². The molecule has 4 rings (SSSR count). The van der Waals surface area contributed by atoms with E-state index in [1.807, 2.05) is 6.07 Å². The smallest absolute Gasteiger partial charge is 0.274 e. The standard InChI is InChI=1S/C20H20N4O4S/c1-29(27,28)23-10-14-8-16(12-23)18-7-6-17(20(26)24(18)11-14)22-19(25)15-4-2-13(9-21)3-5-15/h2-7,14,16H,8,10-12H2,1H3,(H,22,25)/t14-,16+/m0/s1. The van der Waals surface area contributed by atoms with E-state index in [1.54, 1.807) is 28.8 Å². The highest BCUT2D eigenvalue weighted by atomic mass is 32.2. The summed E-state index contributed by atoms with van der Waals surface area (Å²) in [6, 6.07) is 11.5. The minimum Gasteiger partial charge on any atom is -0.317 e. The van der Waals surface area contributed by atoms with Crippen molar-refractivity contribution in [2.45, 2.75) is 18.9 Å². The average Bonchev–Trinajstić information content (AvgIpc) is 2.69. The van der Waals surface area contributed by atoms with Gasteiger partial charge in [-0.1, -0.05) is 0 Å². The van der Waals surface area contributed by atoms with Crippen molar-refractivity contribution in [1.82, 2.24) is 8.87 Å². The van der Waals surface area contributed by atoms with E-state index in [0.717, 1.165) is 12.1 Å². The molecule has 8 nitrogen and oxygen atoms in total. The van der Waals surface area contributed by atoms with Gasteiger partial charge in [0.05, 0.1) is 17.9 Å². The van der Waals surface area contributed by atoms with Crippen molar-refractivity contribution < 1.29 is 13.2 Å². The fourth-order valence-electron chi connectivity index (χ4n) is 4.16. The SMILES string of the molecule is CS(=O)(=O)N1C[C@@H]2C[C@H](C1)c1ccc(NC(=O)c3ccc(C#N)cc3)c(=O)n1C2. The summed E-state index contributed by atoms with van der Waals surface area (Å²) in [6.07, 6.45) is 2.06. The lowest BCUT2D eigenvalue weighted by Crippen LogP contribution is -2.49. The minimum absolute atomic E-state index is 0.0341. The lowest BCUT2D eigenvalue weighted by molar-refractivity contribution is 0.102. The number of fused-ring (bicyclic) bond motifs is 4. The largest absolute Gasteiger partial charge is 0.317 e. The first kappa shape index (κ1) is 19.4.